The summed E-state index contributed by atoms with van der Waals surface area (Å²) in [5.74, 6) is -0.586. The Morgan fingerprint density at radius 2 is 1.24 bits per heavy atom. The lowest BCUT2D eigenvalue weighted by atomic mass is 10.1. The van der Waals surface area contributed by atoms with Gasteiger partial charge in [0.15, 0.2) is 18.3 Å². The lowest BCUT2D eigenvalue weighted by molar-refractivity contribution is -0.386. The fourth-order valence-electron chi connectivity index (χ4n) is 2.97. The molecule has 0 saturated carbocycles. The minimum Gasteiger partial charge on any atom is -0.508 e. The first-order valence-corrected chi connectivity index (χ1v) is 10.7. The number of aldehydes is 3. The van der Waals surface area contributed by atoms with Gasteiger partial charge in [-0.15, -0.1) is 0 Å². The number of phenolic OH excluding ortho intramolecular Hbond substituents is 2. The Labute approximate surface area is 229 Å². The normalized spacial score (nSPS) is 9.54. The molecule has 0 aliphatic heterocycles. The van der Waals surface area contributed by atoms with Crippen molar-refractivity contribution in [2.24, 2.45) is 0 Å². The third-order valence-corrected chi connectivity index (χ3v) is 4.89. The Hall–Kier alpha value is -5.97. The molecule has 3 aromatic rings. The van der Waals surface area contributed by atoms with Crippen LogP contribution in [0, 0.1) is 30.3 Å². The summed E-state index contributed by atoms with van der Waals surface area (Å²) in [6, 6.07) is 7.84. The van der Waals surface area contributed by atoms with E-state index in [-0.39, 0.29) is 57.5 Å². The Morgan fingerprint density at radius 1 is 0.707 bits per heavy atom. The highest BCUT2D eigenvalue weighted by atomic mass is 16.6. The maximum atomic E-state index is 10.6. The molecule has 216 valence electrons. The lowest BCUT2D eigenvalue weighted by Crippen LogP contribution is -1.99. The molecule has 41 heavy (non-hydrogen) atoms. The number of aromatic hydroxyl groups is 2. The zero-order valence-corrected chi connectivity index (χ0v) is 21.2. The van der Waals surface area contributed by atoms with E-state index in [4.69, 9.17) is 14.9 Å². The first kappa shape index (κ1) is 33.1. The quantitative estimate of drug-likeness (QED) is 0.188. The zero-order chi connectivity index (χ0) is 31.3. The van der Waals surface area contributed by atoms with Crippen LogP contribution in [-0.2, 0) is 6.61 Å². The Kier molecular flexibility index (Phi) is 12.5. The van der Waals surface area contributed by atoms with Gasteiger partial charge in [-0.3, -0.25) is 44.7 Å². The number of benzene rings is 3. The van der Waals surface area contributed by atoms with E-state index in [9.17, 15) is 49.8 Å². The van der Waals surface area contributed by atoms with Crippen molar-refractivity contribution in [1.82, 2.24) is 0 Å². The van der Waals surface area contributed by atoms with Gasteiger partial charge in [-0.1, -0.05) is 0 Å². The summed E-state index contributed by atoms with van der Waals surface area (Å²) < 4.78 is 9.54. The largest absolute Gasteiger partial charge is 0.508 e. The van der Waals surface area contributed by atoms with Crippen molar-refractivity contribution in [2.45, 2.75) is 6.61 Å². The maximum Gasteiger partial charge on any atom is 0.315 e. The van der Waals surface area contributed by atoms with Gasteiger partial charge >= 0.3 is 5.69 Å². The van der Waals surface area contributed by atoms with Crippen molar-refractivity contribution < 1.29 is 53.9 Å². The molecule has 0 aromatic heterocycles. The predicted octanol–water partition coefficient (Wildman–Crippen LogP) is 3.14. The minimum atomic E-state index is -0.787. The molecule has 0 unspecified atom stereocenters. The first-order valence-electron chi connectivity index (χ1n) is 10.7. The second kappa shape index (κ2) is 15.4. The van der Waals surface area contributed by atoms with Crippen LogP contribution in [-0.4, -0.2) is 63.2 Å². The number of aliphatic hydroxyl groups excluding tert-OH is 1. The van der Waals surface area contributed by atoms with E-state index < -0.39 is 26.2 Å². The van der Waals surface area contributed by atoms with Crippen LogP contribution in [0.25, 0.3) is 0 Å². The van der Waals surface area contributed by atoms with E-state index in [1.54, 1.807) is 0 Å². The fourth-order valence-corrected chi connectivity index (χ4v) is 2.97. The first-order chi connectivity index (χ1) is 19.4. The number of nitrogens with zero attached hydrogens (tertiary/aromatic N) is 3. The van der Waals surface area contributed by atoms with Crippen molar-refractivity contribution in [3.63, 3.8) is 0 Å². The average molecular weight is 575 g/mol. The van der Waals surface area contributed by atoms with Gasteiger partial charge in [0.1, 0.15) is 17.8 Å². The third-order valence-electron chi connectivity index (χ3n) is 4.89. The van der Waals surface area contributed by atoms with Crippen LogP contribution < -0.4 is 9.47 Å². The predicted molar refractivity (Wildman–Crippen MR) is 138 cm³/mol. The van der Waals surface area contributed by atoms with Gasteiger partial charge in [0.25, 0.3) is 11.4 Å². The van der Waals surface area contributed by atoms with Crippen molar-refractivity contribution in [1.29, 1.82) is 0 Å². The highest BCUT2D eigenvalue weighted by Gasteiger charge is 2.20. The second-order valence-electron chi connectivity index (χ2n) is 7.34. The molecule has 3 aromatic carbocycles. The Morgan fingerprint density at radius 3 is 1.68 bits per heavy atom. The molecular weight excluding hydrogens is 554 g/mol. The van der Waals surface area contributed by atoms with Crippen LogP contribution in [0.5, 0.6) is 23.0 Å². The number of ether oxygens (including phenoxy) is 2. The molecule has 3 rings (SSSR count). The van der Waals surface area contributed by atoms with Crippen LogP contribution in [0.3, 0.4) is 0 Å². The van der Waals surface area contributed by atoms with E-state index in [2.05, 4.69) is 4.74 Å². The van der Waals surface area contributed by atoms with Gasteiger partial charge in [0, 0.05) is 29.3 Å². The summed E-state index contributed by atoms with van der Waals surface area (Å²) in [5, 5.41) is 58.4. The number of phenols is 2. The molecule has 0 heterocycles. The molecule has 0 fully saturated rings. The number of carbonyl (C=O) groups is 3. The molecule has 17 heteroatoms. The number of hydrogen-bond donors (Lipinski definition) is 3. The number of carbonyl (C=O) groups excluding carboxylic acids is 3. The van der Waals surface area contributed by atoms with Gasteiger partial charge in [-0.25, -0.2) is 0 Å². The standard InChI is InChI=1S/C9H9NO5.C8H7NO5.C7H5NO4/c1-15-9-3-6(4-11)8(10(13)14)2-7(9)5-12;1-14-7-3-5(4-10)2-6(8(7)11)9(12)13;9-4-5-3-6(10)1-2-7(5)8(11)12/h2-4,12H,5H2,1H3;2-4,11H,1H3;1-4,10H. The molecule has 17 nitrogen and oxygen atoms in total. The molecule has 0 bridgehead atoms. The van der Waals surface area contributed by atoms with E-state index in [0.29, 0.717) is 18.9 Å². The van der Waals surface area contributed by atoms with Gasteiger partial charge in [0.2, 0.25) is 5.75 Å². The smallest absolute Gasteiger partial charge is 0.315 e. The van der Waals surface area contributed by atoms with Gasteiger partial charge < -0.3 is 24.8 Å². The Bertz CT molecular complexity index is 1470. The van der Waals surface area contributed by atoms with Crippen molar-refractivity contribution in [2.75, 3.05) is 14.2 Å². The molecule has 0 aliphatic carbocycles. The molecule has 0 spiro atoms. The summed E-state index contributed by atoms with van der Waals surface area (Å²) in [6.07, 6.45) is 1.15. The number of nitro groups is 3. The van der Waals surface area contributed by atoms with Gasteiger partial charge in [-0.2, -0.15) is 0 Å². The second-order valence-corrected chi connectivity index (χ2v) is 7.34. The van der Waals surface area contributed by atoms with Crippen molar-refractivity contribution in [3.05, 3.63) is 95.1 Å². The highest BCUT2D eigenvalue weighted by molar-refractivity contribution is 5.83. The topological polar surface area (TPSA) is 260 Å². The zero-order valence-electron chi connectivity index (χ0n) is 21.2. The molecule has 0 aliphatic rings. The van der Waals surface area contributed by atoms with Crippen LogP contribution in [0.15, 0.2) is 42.5 Å². The van der Waals surface area contributed by atoms with Crippen molar-refractivity contribution >= 4 is 35.9 Å². The summed E-state index contributed by atoms with van der Waals surface area (Å²) >= 11 is 0. The highest BCUT2D eigenvalue weighted by Crippen LogP contribution is 2.36. The number of hydrogen-bond acceptors (Lipinski definition) is 14. The minimum absolute atomic E-state index is 0.0750. The van der Waals surface area contributed by atoms with Crippen LogP contribution >= 0.6 is 0 Å². The van der Waals surface area contributed by atoms with Gasteiger partial charge in [0.05, 0.1) is 46.7 Å². The Balaban J connectivity index is 0.000000309. The van der Waals surface area contributed by atoms with E-state index in [1.165, 1.54) is 26.4 Å². The van der Waals surface area contributed by atoms with Crippen LogP contribution in [0.4, 0.5) is 17.1 Å². The summed E-state index contributed by atoms with van der Waals surface area (Å²) in [4.78, 5) is 60.4. The monoisotopic (exact) mass is 575 g/mol. The summed E-state index contributed by atoms with van der Waals surface area (Å²) in [6.45, 7) is -0.386. The maximum absolute atomic E-state index is 10.6. The van der Waals surface area contributed by atoms with Crippen molar-refractivity contribution in [3.8, 4) is 23.0 Å². The number of rotatable bonds is 9. The van der Waals surface area contributed by atoms with Crippen LogP contribution in [0.2, 0.25) is 0 Å². The SMILES string of the molecule is COc1cc(C=O)c([N+](=O)[O-])cc1CO.COc1cc(C=O)cc([N+](=O)[O-])c1O.O=Cc1cc(O)ccc1[N+](=O)[O-]. The van der Waals surface area contributed by atoms with E-state index in [0.717, 1.165) is 30.3 Å². The lowest BCUT2D eigenvalue weighted by Gasteiger charge is -2.06. The summed E-state index contributed by atoms with van der Waals surface area (Å²) in [7, 11) is 2.60. The molecule has 0 saturated heterocycles. The number of nitro benzene ring substituents is 3. The average Bonchev–Trinajstić information content (AvgIpc) is 2.96. The van der Waals surface area contributed by atoms with Gasteiger partial charge in [-0.05, 0) is 24.3 Å². The summed E-state index contributed by atoms with van der Waals surface area (Å²) in [5.41, 5.74) is -1.04. The van der Waals surface area contributed by atoms with Crippen LogP contribution in [0.1, 0.15) is 36.6 Å². The number of methoxy groups -OCH3 is 2. The third kappa shape index (κ3) is 8.79. The molecular formula is C24H21N3O14. The van der Waals surface area contributed by atoms with E-state index >= 15 is 0 Å². The molecule has 0 radical (unpaired) electrons. The van der Waals surface area contributed by atoms with E-state index in [1.807, 2.05) is 0 Å². The fraction of sp³-hybridized carbons (Fsp3) is 0.125. The molecule has 0 amide bonds. The number of aliphatic hydroxyl groups is 1. The molecule has 3 N–H and O–H groups in total. The molecule has 0 atom stereocenters.